The molecule has 3 aromatic carbocycles. The second-order valence-electron chi connectivity index (χ2n) is 12.8. The number of anilines is 1. The third-order valence-corrected chi connectivity index (χ3v) is 8.77. The Morgan fingerprint density at radius 3 is 2.00 bits per heavy atom. The van der Waals surface area contributed by atoms with Crippen molar-refractivity contribution in [3.63, 3.8) is 0 Å². The standard InChI is InChI=1S/C38H48N2O7/c1-10-31(46-32-22-21-28(36(5,6)11-2)24-30(32)37(7,8)12-3)34(43)40-38(45-9,47-25(4)41)35(44)39-29-20-16-19-27(23-29)33(42)26-17-14-13-15-18-26/h13-24,31H,10-12H2,1-9H3,(H,39,44)(H,40,43). The fourth-order valence-electron chi connectivity index (χ4n) is 4.92. The minimum Gasteiger partial charge on any atom is -0.480 e. The summed E-state index contributed by atoms with van der Waals surface area (Å²) in [6.45, 7) is 15.8. The van der Waals surface area contributed by atoms with Crippen LogP contribution in [0.25, 0.3) is 0 Å². The van der Waals surface area contributed by atoms with E-state index in [0.717, 1.165) is 32.4 Å². The van der Waals surface area contributed by atoms with Gasteiger partial charge in [0.05, 0.1) is 0 Å². The molecular formula is C38H48N2O7. The van der Waals surface area contributed by atoms with Crippen molar-refractivity contribution in [3.8, 4) is 5.75 Å². The number of methoxy groups -OCH3 is 1. The summed E-state index contributed by atoms with van der Waals surface area (Å²) < 4.78 is 17.1. The number of carbonyl (C=O) groups is 4. The highest BCUT2D eigenvalue weighted by atomic mass is 16.7. The van der Waals surface area contributed by atoms with Crippen LogP contribution in [0.4, 0.5) is 5.69 Å². The first kappa shape index (κ1) is 37.0. The lowest BCUT2D eigenvalue weighted by Gasteiger charge is -2.33. The van der Waals surface area contributed by atoms with Gasteiger partial charge in [0.15, 0.2) is 11.9 Å². The molecule has 252 valence electrons. The van der Waals surface area contributed by atoms with Crippen molar-refractivity contribution in [2.75, 3.05) is 12.4 Å². The molecule has 3 aromatic rings. The van der Waals surface area contributed by atoms with E-state index in [-0.39, 0.29) is 28.7 Å². The Morgan fingerprint density at radius 1 is 0.787 bits per heavy atom. The Bertz CT molecular complexity index is 1580. The summed E-state index contributed by atoms with van der Waals surface area (Å²) >= 11 is 0. The third-order valence-electron chi connectivity index (χ3n) is 8.77. The maximum absolute atomic E-state index is 13.8. The van der Waals surface area contributed by atoms with Crippen LogP contribution >= 0.6 is 0 Å². The number of rotatable bonds is 15. The number of nitrogens with one attached hydrogen (secondary N) is 2. The Morgan fingerprint density at radius 2 is 1.43 bits per heavy atom. The average molecular weight is 645 g/mol. The van der Waals surface area contributed by atoms with Crippen molar-refractivity contribution >= 4 is 29.3 Å². The van der Waals surface area contributed by atoms with Crippen molar-refractivity contribution < 1.29 is 33.4 Å². The molecule has 2 unspecified atom stereocenters. The van der Waals surface area contributed by atoms with Crippen LogP contribution in [0.2, 0.25) is 0 Å². The van der Waals surface area contributed by atoms with Gasteiger partial charge in [-0.05, 0) is 53.9 Å². The summed E-state index contributed by atoms with van der Waals surface area (Å²) in [7, 11) is 1.13. The van der Waals surface area contributed by atoms with Gasteiger partial charge in [-0.25, -0.2) is 0 Å². The topological polar surface area (TPSA) is 120 Å². The van der Waals surface area contributed by atoms with Crippen LogP contribution in [-0.2, 0) is 34.7 Å². The molecule has 0 saturated carbocycles. The lowest BCUT2D eigenvalue weighted by Crippen LogP contribution is -2.62. The minimum absolute atomic E-state index is 0.0531. The number of carbonyl (C=O) groups excluding carboxylic acids is 4. The Kier molecular flexibility index (Phi) is 12.1. The van der Waals surface area contributed by atoms with Crippen LogP contribution in [0.5, 0.6) is 5.75 Å². The molecule has 2 N–H and O–H groups in total. The molecule has 0 aliphatic carbocycles. The molecule has 47 heavy (non-hydrogen) atoms. The fraction of sp³-hybridized carbons (Fsp3) is 0.421. The number of ketones is 1. The molecule has 0 bridgehead atoms. The number of benzene rings is 3. The molecule has 0 saturated heterocycles. The molecule has 0 heterocycles. The molecule has 2 amide bonds. The number of ether oxygens (including phenoxy) is 3. The molecule has 0 aromatic heterocycles. The fourth-order valence-corrected chi connectivity index (χ4v) is 4.92. The van der Waals surface area contributed by atoms with Gasteiger partial charge in [-0.1, -0.05) is 103 Å². The van der Waals surface area contributed by atoms with Gasteiger partial charge in [0, 0.05) is 36.4 Å². The number of hydrogen-bond acceptors (Lipinski definition) is 7. The highest BCUT2D eigenvalue weighted by molar-refractivity contribution is 6.10. The van der Waals surface area contributed by atoms with E-state index in [9.17, 15) is 19.2 Å². The molecule has 0 spiro atoms. The normalized spacial score (nSPS) is 13.6. The number of esters is 1. The van der Waals surface area contributed by atoms with E-state index in [1.54, 1.807) is 49.4 Å². The van der Waals surface area contributed by atoms with Crippen LogP contribution in [0.15, 0.2) is 72.8 Å². The van der Waals surface area contributed by atoms with Crippen molar-refractivity contribution in [2.24, 2.45) is 0 Å². The predicted octanol–water partition coefficient (Wildman–Crippen LogP) is 7.07. The summed E-state index contributed by atoms with van der Waals surface area (Å²) in [5, 5.41) is 5.09. The first-order chi connectivity index (χ1) is 22.1. The molecule has 9 heteroatoms. The first-order valence-corrected chi connectivity index (χ1v) is 16.0. The first-order valence-electron chi connectivity index (χ1n) is 16.0. The van der Waals surface area contributed by atoms with Gasteiger partial charge in [-0.2, -0.15) is 0 Å². The summed E-state index contributed by atoms with van der Waals surface area (Å²) in [5.74, 6) is -4.80. The van der Waals surface area contributed by atoms with Gasteiger partial charge in [-0.15, -0.1) is 0 Å². The van der Waals surface area contributed by atoms with Crippen LogP contribution < -0.4 is 15.4 Å². The largest absolute Gasteiger partial charge is 0.480 e. The third kappa shape index (κ3) is 8.86. The lowest BCUT2D eigenvalue weighted by atomic mass is 9.76. The zero-order valence-electron chi connectivity index (χ0n) is 29.0. The second-order valence-corrected chi connectivity index (χ2v) is 12.8. The van der Waals surface area contributed by atoms with E-state index in [0.29, 0.717) is 16.9 Å². The predicted molar refractivity (Wildman–Crippen MR) is 182 cm³/mol. The monoisotopic (exact) mass is 644 g/mol. The Labute approximate surface area is 278 Å². The Balaban J connectivity index is 1.91. The van der Waals surface area contributed by atoms with Gasteiger partial charge in [0.25, 0.3) is 5.91 Å². The van der Waals surface area contributed by atoms with Crippen molar-refractivity contribution in [2.45, 2.75) is 97.5 Å². The van der Waals surface area contributed by atoms with E-state index in [1.807, 2.05) is 18.2 Å². The van der Waals surface area contributed by atoms with E-state index in [2.05, 4.69) is 58.2 Å². The summed E-state index contributed by atoms with van der Waals surface area (Å²) in [6.07, 6.45) is 0.964. The van der Waals surface area contributed by atoms with E-state index in [4.69, 9.17) is 14.2 Å². The van der Waals surface area contributed by atoms with E-state index < -0.39 is 29.8 Å². The SMILES string of the molecule is CCC(Oc1ccc(C(C)(C)CC)cc1C(C)(C)CC)C(=O)NC(OC)(OC(C)=O)C(=O)Nc1cccc(C(=O)c2ccccc2)c1. The smallest absolute Gasteiger partial charge is 0.381 e. The molecular weight excluding hydrogens is 596 g/mol. The van der Waals surface area contributed by atoms with E-state index in [1.165, 1.54) is 11.6 Å². The van der Waals surface area contributed by atoms with E-state index >= 15 is 0 Å². The molecule has 0 aliphatic heterocycles. The second kappa shape index (κ2) is 15.4. The highest BCUT2D eigenvalue weighted by Gasteiger charge is 2.46. The summed E-state index contributed by atoms with van der Waals surface area (Å²) in [6, 6.07) is 21.0. The zero-order chi connectivity index (χ0) is 35.0. The van der Waals surface area contributed by atoms with Gasteiger partial charge in [0.1, 0.15) is 5.75 Å². The van der Waals surface area contributed by atoms with Crippen LogP contribution in [0, 0.1) is 0 Å². The van der Waals surface area contributed by atoms with Gasteiger partial charge in [-0.3, -0.25) is 24.5 Å². The average Bonchev–Trinajstić information content (AvgIpc) is 3.06. The Hall–Kier alpha value is -4.50. The zero-order valence-corrected chi connectivity index (χ0v) is 29.0. The van der Waals surface area contributed by atoms with Crippen LogP contribution in [0.3, 0.4) is 0 Å². The van der Waals surface area contributed by atoms with Gasteiger partial charge < -0.3 is 19.5 Å². The van der Waals surface area contributed by atoms with Crippen molar-refractivity contribution in [1.82, 2.24) is 5.32 Å². The quantitative estimate of drug-likeness (QED) is 0.103. The maximum Gasteiger partial charge on any atom is 0.381 e. The minimum atomic E-state index is -2.53. The van der Waals surface area contributed by atoms with Crippen molar-refractivity contribution in [1.29, 1.82) is 0 Å². The van der Waals surface area contributed by atoms with Crippen LogP contribution in [-0.4, -0.2) is 42.7 Å². The number of hydrogen-bond donors (Lipinski definition) is 2. The molecule has 3 rings (SSSR count). The summed E-state index contributed by atoms with van der Waals surface area (Å²) in [5.41, 5.74) is 2.86. The number of amides is 2. The molecule has 0 fully saturated rings. The summed E-state index contributed by atoms with van der Waals surface area (Å²) in [4.78, 5) is 52.7. The maximum atomic E-state index is 13.8. The molecule has 0 aliphatic rings. The van der Waals surface area contributed by atoms with Gasteiger partial charge in [0.2, 0.25) is 0 Å². The molecule has 0 radical (unpaired) electrons. The highest BCUT2D eigenvalue weighted by Crippen LogP contribution is 2.39. The molecule has 9 nitrogen and oxygen atoms in total. The lowest BCUT2D eigenvalue weighted by molar-refractivity contribution is -0.227. The van der Waals surface area contributed by atoms with Gasteiger partial charge >= 0.3 is 17.8 Å². The van der Waals surface area contributed by atoms with Crippen LogP contribution in [0.1, 0.15) is 102 Å². The molecule has 2 atom stereocenters. The van der Waals surface area contributed by atoms with Crippen molar-refractivity contribution in [3.05, 3.63) is 95.1 Å².